The summed E-state index contributed by atoms with van der Waals surface area (Å²) in [6.45, 7) is 10.6. The highest BCUT2D eigenvalue weighted by atomic mass is 32.2. The van der Waals surface area contributed by atoms with Gasteiger partial charge in [0.25, 0.3) is 0 Å². The molecule has 2 aromatic carbocycles. The molecule has 42 heavy (non-hydrogen) atoms. The molecule has 0 spiro atoms. The molecule has 0 radical (unpaired) electrons. The van der Waals surface area contributed by atoms with Crippen LogP contribution in [0.2, 0.25) is 0 Å². The van der Waals surface area contributed by atoms with E-state index < -0.39 is 19.7 Å². The first-order chi connectivity index (χ1) is 19.9. The van der Waals surface area contributed by atoms with Gasteiger partial charge in [-0.25, -0.2) is 16.8 Å². The minimum absolute atomic E-state index is 0.133. The maximum atomic E-state index is 13.0. The minimum atomic E-state index is -3.32. The van der Waals surface area contributed by atoms with Crippen molar-refractivity contribution in [3.63, 3.8) is 0 Å². The van der Waals surface area contributed by atoms with Gasteiger partial charge in [0.05, 0.1) is 21.3 Å². The van der Waals surface area contributed by atoms with E-state index in [2.05, 4.69) is 58.9 Å². The van der Waals surface area contributed by atoms with Crippen LogP contribution in [0.5, 0.6) is 0 Å². The molecule has 0 aliphatic rings. The summed E-state index contributed by atoms with van der Waals surface area (Å²) in [5.74, 6) is 0.450. The van der Waals surface area contributed by atoms with E-state index in [0.29, 0.717) is 22.6 Å². The molecule has 1 unspecified atom stereocenters. The molecule has 0 N–H and O–H groups in total. The van der Waals surface area contributed by atoms with Gasteiger partial charge in [0.2, 0.25) is 0 Å². The van der Waals surface area contributed by atoms with Gasteiger partial charge in [-0.05, 0) is 116 Å². The Morgan fingerprint density at radius 3 is 1.69 bits per heavy atom. The van der Waals surface area contributed by atoms with Gasteiger partial charge in [-0.15, -0.1) is 0 Å². The van der Waals surface area contributed by atoms with Crippen LogP contribution in [0.4, 0.5) is 0 Å². The van der Waals surface area contributed by atoms with Crippen LogP contribution in [0.15, 0.2) is 117 Å². The predicted octanol–water partition coefficient (Wildman–Crippen LogP) is 9.48. The highest BCUT2D eigenvalue weighted by Crippen LogP contribution is 2.24. The van der Waals surface area contributed by atoms with Crippen molar-refractivity contribution in [1.82, 2.24) is 0 Å². The predicted molar refractivity (Wildman–Crippen MR) is 178 cm³/mol. The maximum absolute atomic E-state index is 13.0. The van der Waals surface area contributed by atoms with E-state index in [9.17, 15) is 16.8 Å². The smallest absolute Gasteiger partial charge is 0.178 e. The fraction of sp³-hybridized carbons (Fsp3) is 0.444. The molecule has 0 fully saturated rings. The first-order valence-electron chi connectivity index (χ1n) is 15.1. The second-order valence-corrected chi connectivity index (χ2v) is 15.9. The van der Waals surface area contributed by atoms with Crippen LogP contribution in [0.25, 0.3) is 0 Å². The van der Waals surface area contributed by atoms with Crippen LogP contribution in [-0.2, 0) is 19.7 Å². The number of benzene rings is 2. The SMILES string of the molecule is CC(C)=CCC/C(C)=C/C(CCS(=O)(=O)c1ccccc1)C/C(C)=C/CC/C(C)=C/CCCS(=O)(=O)c1ccccc1. The Bertz CT molecular complexity index is 1430. The molecule has 0 aliphatic heterocycles. The second-order valence-electron chi connectivity index (χ2n) is 11.6. The molecule has 230 valence electrons. The number of unbranched alkanes of at least 4 members (excludes halogenated alkanes) is 1. The van der Waals surface area contributed by atoms with Crippen molar-refractivity contribution in [3.8, 4) is 0 Å². The van der Waals surface area contributed by atoms with Crippen molar-refractivity contribution in [3.05, 3.63) is 107 Å². The molecule has 0 saturated heterocycles. The molecule has 2 rings (SSSR count). The average molecular weight is 611 g/mol. The molecule has 1 atom stereocenters. The van der Waals surface area contributed by atoms with Gasteiger partial charge in [0.1, 0.15) is 0 Å². The largest absolute Gasteiger partial charge is 0.224 e. The Kier molecular flexibility index (Phi) is 15.3. The van der Waals surface area contributed by atoms with E-state index in [4.69, 9.17) is 0 Å². The fourth-order valence-electron chi connectivity index (χ4n) is 4.88. The van der Waals surface area contributed by atoms with Crippen molar-refractivity contribution < 1.29 is 16.8 Å². The van der Waals surface area contributed by atoms with E-state index in [0.717, 1.165) is 38.5 Å². The van der Waals surface area contributed by atoms with Crippen LogP contribution >= 0.6 is 0 Å². The summed E-state index contributed by atoms with van der Waals surface area (Å²) in [4.78, 5) is 0.778. The molecule has 0 heterocycles. The number of allylic oxidation sites excluding steroid dienone is 8. The van der Waals surface area contributed by atoms with Gasteiger partial charge in [-0.2, -0.15) is 0 Å². The van der Waals surface area contributed by atoms with Crippen LogP contribution < -0.4 is 0 Å². The lowest BCUT2D eigenvalue weighted by Gasteiger charge is -2.16. The molecule has 0 bridgehead atoms. The average Bonchev–Trinajstić information content (AvgIpc) is 2.95. The summed E-state index contributed by atoms with van der Waals surface area (Å²) < 4.78 is 50.8. The topological polar surface area (TPSA) is 68.3 Å². The minimum Gasteiger partial charge on any atom is -0.224 e. The van der Waals surface area contributed by atoms with E-state index >= 15 is 0 Å². The molecular formula is C36H50O4S2. The van der Waals surface area contributed by atoms with E-state index in [1.54, 1.807) is 48.5 Å². The molecule has 0 saturated carbocycles. The Labute approximate surface area is 256 Å². The monoisotopic (exact) mass is 610 g/mol. The Balaban J connectivity index is 1.94. The zero-order chi connectivity index (χ0) is 31.0. The fourth-order valence-corrected chi connectivity index (χ4v) is 7.66. The molecule has 2 aromatic rings. The maximum Gasteiger partial charge on any atom is 0.178 e. The zero-order valence-corrected chi connectivity index (χ0v) is 27.8. The van der Waals surface area contributed by atoms with Crippen molar-refractivity contribution in [2.24, 2.45) is 5.92 Å². The summed E-state index contributed by atoms with van der Waals surface area (Å²) in [6.07, 6.45) is 15.5. The van der Waals surface area contributed by atoms with Crippen molar-refractivity contribution in [1.29, 1.82) is 0 Å². The van der Waals surface area contributed by atoms with Gasteiger partial charge in [-0.3, -0.25) is 0 Å². The number of hydrogen-bond acceptors (Lipinski definition) is 4. The summed E-state index contributed by atoms with van der Waals surface area (Å²) in [5.41, 5.74) is 5.15. The molecular weight excluding hydrogens is 561 g/mol. The summed E-state index contributed by atoms with van der Waals surface area (Å²) >= 11 is 0. The van der Waals surface area contributed by atoms with E-state index in [1.165, 1.54) is 22.3 Å². The Hall–Kier alpha value is -2.70. The number of hydrogen-bond donors (Lipinski definition) is 0. The van der Waals surface area contributed by atoms with Gasteiger partial charge in [0, 0.05) is 0 Å². The van der Waals surface area contributed by atoms with Crippen LogP contribution in [0.1, 0.15) is 86.0 Å². The number of rotatable bonds is 18. The lowest BCUT2D eigenvalue weighted by molar-refractivity contribution is 0.571. The molecule has 6 heteroatoms. The van der Waals surface area contributed by atoms with Gasteiger partial charge in [-0.1, -0.05) is 83.0 Å². The molecule has 4 nitrogen and oxygen atoms in total. The summed E-state index contributed by atoms with van der Waals surface area (Å²) in [6, 6.07) is 17.4. The van der Waals surface area contributed by atoms with Crippen LogP contribution in [-0.4, -0.2) is 28.3 Å². The third-order valence-corrected chi connectivity index (χ3v) is 10.9. The highest BCUT2D eigenvalue weighted by molar-refractivity contribution is 7.91. The van der Waals surface area contributed by atoms with Crippen molar-refractivity contribution >= 4 is 19.7 Å². The lowest BCUT2D eigenvalue weighted by atomic mass is 9.93. The van der Waals surface area contributed by atoms with Crippen molar-refractivity contribution in [2.75, 3.05) is 11.5 Å². The Morgan fingerprint density at radius 1 is 0.619 bits per heavy atom. The summed E-state index contributed by atoms with van der Waals surface area (Å²) in [7, 11) is -6.55. The first-order valence-corrected chi connectivity index (χ1v) is 18.4. The zero-order valence-electron chi connectivity index (χ0n) is 26.2. The molecule has 0 aromatic heterocycles. The standard InChI is InChI=1S/C36H50O4S2/c1-30(2)16-14-19-32(4)28-34(25-27-42(39,40)36-23-10-7-11-24-36)29-33(5)20-15-18-31(3)17-12-13-26-41(37,38)35-21-8-6-9-22-35/h6-11,16-17,20-24,28,34H,12-15,18-19,25-27,29H2,1-5H3/b31-17+,32-28+,33-20+. The normalized spacial score (nSPS) is 14.1. The second kappa shape index (κ2) is 18.1. The van der Waals surface area contributed by atoms with E-state index in [-0.39, 0.29) is 17.4 Å². The van der Waals surface area contributed by atoms with Crippen molar-refractivity contribution in [2.45, 2.75) is 95.8 Å². The van der Waals surface area contributed by atoms with E-state index in [1.807, 2.05) is 12.1 Å². The van der Waals surface area contributed by atoms with Crippen LogP contribution in [0.3, 0.4) is 0 Å². The highest BCUT2D eigenvalue weighted by Gasteiger charge is 2.17. The Morgan fingerprint density at radius 2 is 1.12 bits per heavy atom. The van der Waals surface area contributed by atoms with Gasteiger partial charge >= 0.3 is 0 Å². The number of sulfone groups is 2. The summed E-state index contributed by atoms with van der Waals surface area (Å²) in [5, 5.41) is 0. The third kappa shape index (κ3) is 14.0. The third-order valence-electron chi connectivity index (χ3n) is 7.30. The van der Waals surface area contributed by atoms with Crippen LogP contribution in [0, 0.1) is 5.92 Å². The quantitative estimate of drug-likeness (QED) is 0.125. The van der Waals surface area contributed by atoms with Gasteiger partial charge < -0.3 is 0 Å². The molecule has 0 aliphatic carbocycles. The first kappa shape index (κ1) is 35.5. The molecule has 0 amide bonds. The van der Waals surface area contributed by atoms with Gasteiger partial charge in [0.15, 0.2) is 19.7 Å². The lowest BCUT2D eigenvalue weighted by Crippen LogP contribution is -2.11.